The highest BCUT2D eigenvalue weighted by Crippen LogP contribution is 2.27. The van der Waals surface area contributed by atoms with Crippen LogP contribution in [0.2, 0.25) is 0 Å². The van der Waals surface area contributed by atoms with Crippen molar-refractivity contribution in [3.05, 3.63) is 74.5 Å². The van der Waals surface area contributed by atoms with Gasteiger partial charge in [-0.2, -0.15) is 13.9 Å². The minimum atomic E-state index is -1.70. The predicted molar refractivity (Wildman–Crippen MR) is 100 cm³/mol. The fraction of sp³-hybridized carbons (Fsp3) is 0.263. The van der Waals surface area contributed by atoms with Crippen molar-refractivity contribution in [3.63, 3.8) is 0 Å². The number of ether oxygens (including phenoxy) is 1. The number of aromatic nitrogens is 2. The maximum absolute atomic E-state index is 13.6. The van der Waals surface area contributed by atoms with Crippen LogP contribution in [-0.4, -0.2) is 27.2 Å². The van der Waals surface area contributed by atoms with Gasteiger partial charge in [-0.1, -0.05) is 0 Å². The topological polar surface area (TPSA) is 112 Å². The molecule has 0 radical (unpaired) electrons. The molecule has 170 valence electrons. The Kier molecular flexibility index (Phi) is 6.46. The van der Waals surface area contributed by atoms with Crippen LogP contribution in [0.3, 0.4) is 0 Å². The molecule has 32 heavy (non-hydrogen) atoms. The summed E-state index contributed by atoms with van der Waals surface area (Å²) in [6.45, 7) is 2.67. The lowest BCUT2D eigenvalue weighted by Crippen LogP contribution is -2.27. The second-order valence-electron chi connectivity index (χ2n) is 6.61. The minimum Gasteiger partial charge on any atom is -0.479 e. The number of amides is 1. The molecule has 2 heterocycles. The lowest BCUT2D eigenvalue weighted by Gasteiger charge is -2.08. The van der Waals surface area contributed by atoms with E-state index < -0.39 is 46.5 Å². The van der Waals surface area contributed by atoms with Crippen LogP contribution in [0.1, 0.15) is 27.7 Å². The van der Waals surface area contributed by atoms with Gasteiger partial charge in [-0.05, 0) is 26.0 Å². The zero-order valence-electron chi connectivity index (χ0n) is 16.7. The first kappa shape index (κ1) is 22.8. The first-order valence-electron chi connectivity index (χ1n) is 9.11. The molecule has 2 aromatic heterocycles. The molecule has 13 heteroatoms. The van der Waals surface area contributed by atoms with Gasteiger partial charge in [0.2, 0.25) is 11.6 Å². The molecule has 0 saturated heterocycles. The molecule has 0 unspecified atom stereocenters. The average Bonchev–Trinajstić information content (AvgIpc) is 3.30. The van der Waals surface area contributed by atoms with E-state index in [1.54, 1.807) is 0 Å². The van der Waals surface area contributed by atoms with Crippen molar-refractivity contribution in [2.45, 2.75) is 27.0 Å². The van der Waals surface area contributed by atoms with Gasteiger partial charge in [-0.25, -0.2) is 8.78 Å². The molecule has 0 spiro atoms. The molecule has 1 aromatic carbocycles. The molecular formula is C19H16F4N4O5. The summed E-state index contributed by atoms with van der Waals surface area (Å²) >= 11 is 0. The Labute approximate surface area is 177 Å². The molecule has 0 bridgehead atoms. The van der Waals surface area contributed by atoms with Gasteiger partial charge >= 0.3 is 5.69 Å². The van der Waals surface area contributed by atoms with Crippen molar-refractivity contribution in [3.8, 4) is 5.75 Å². The Balaban J connectivity index is 1.58. The van der Waals surface area contributed by atoms with Gasteiger partial charge in [-0.15, -0.1) is 0 Å². The minimum absolute atomic E-state index is 0.0345. The van der Waals surface area contributed by atoms with Crippen molar-refractivity contribution in [2.24, 2.45) is 0 Å². The Morgan fingerprint density at radius 2 is 1.88 bits per heavy atom. The predicted octanol–water partition coefficient (Wildman–Crippen LogP) is 3.57. The van der Waals surface area contributed by atoms with Crippen LogP contribution in [0.5, 0.6) is 5.75 Å². The van der Waals surface area contributed by atoms with Crippen molar-refractivity contribution in [1.82, 2.24) is 15.1 Å². The van der Waals surface area contributed by atoms with Crippen LogP contribution in [0, 0.1) is 47.2 Å². The van der Waals surface area contributed by atoms with Gasteiger partial charge in [0.05, 0.1) is 11.5 Å². The fourth-order valence-electron chi connectivity index (χ4n) is 2.93. The quantitative estimate of drug-likeness (QED) is 0.240. The molecule has 0 aliphatic rings. The molecule has 9 nitrogen and oxygen atoms in total. The number of furan rings is 1. The van der Waals surface area contributed by atoms with Crippen LogP contribution in [0.4, 0.5) is 23.2 Å². The lowest BCUT2D eigenvalue weighted by atomic mass is 10.3. The van der Waals surface area contributed by atoms with Gasteiger partial charge in [0, 0.05) is 12.6 Å². The summed E-state index contributed by atoms with van der Waals surface area (Å²) in [4.78, 5) is 22.7. The van der Waals surface area contributed by atoms with Crippen molar-refractivity contribution >= 4 is 11.6 Å². The molecule has 3 aromatic rings. The summed E-state index contributed by atoms with van der Waals surface area (Å²) < 4.78 is 65.0. The number of carbonyl (C=O) groups excluding carboxylic acids is 1. The maximum Gasteiger partial charge on any atom is 0.312 e. The van der Waals surface area contributed by atoms with Crippen LogP contribution in [0.25, 0.3) is 0 Å². The Bertz CT molecular complexity index is 1160. The number of aryl methyl sites for hydroxylation is 1. The molecule has 1 amide bonds. The molecular weight excluding hydrogens is 440 g/mol. The number of hydrogen-bond acceptors (Lipinski definition) is 6. The highest BCUT2D eigenvalue weighted by Gasteiger charge is 2.23. The van der Waals surface area contributed by atoms with E-state index in [-0.39, 0.29) is 42.1 Å². The summed E-state index contributed by atoms with van der Waals surface area (Å²) in [6.07, 6.45) is 0. The third-order valence-corrected chi connectivity index (χ3v) is 4.45. The number of nitro groups is 1. The summed E-state index contributed by atoms with van der Waals surface area (Å²) in [5, 5.41) is 17.6. The zero-order chi connectivity index (χ0) is 23.6. The van der Waals surface area contributed by atoms with E-state index in [2.05, 4.69) is 10.4 Å². The number of hydrogen-bond donors (Lipinski definition) is 1. The third-order valence-electron chi connectivity index (χ3n) is 4.45. The summed E-state index contributed by atoms with van der Waals surface area (Å²) in [5.41, 5.74) is 0.492. The summed E-state index contributed by atoms with van der Waals surface area (Å²) in [5.74, 6) is -8.71. The average molecular weight is 456 g/mol. The standard InChI is InChI=1S/C19H16F4N4O5/c1-9-17(27(29)30)10(2)26(25-9)6-5-24-19(28)14-4-3-11(32-14)8-31-18-15(22)12(20)7-13(21)16(18)23/h3-4,7H,5-6,8H2,1-2H3,(H,24,28). The molecule has 3 rings (SSSR count). The van der Waals surface area contributed by atoms with Crippen LogP contribution >= 0.6 is 0 Å². The van der Waals surface area contributed by atoms with Crippen LogP contribution < -0.4 is 10.1 Å². The first-order valence-corrected chi connectivity index (χ1v) is 9.11. The Hall–Kier alpha value is -3.90. The molecule has 0 aliphatic heterocycles. The normalized spacial score (nSPS) is 10.9. The summed E-state index contributed by atoms with van der Waals surface area (Å²) in [7, 11) is 0. The van der Waals surface area contributed by atoms with Crippen LogP contribution in [-0.2, 0) is 13.2 Å². The van der Waals surface area contributed by atoms with Crippen molar-refractivity contribution < 1.29 is 36.4 Å². The first-order chi connectivity index (χ1) is 15.1. The van der Waals surface area contributed by atoms with Crippen molar-refractivity contribution in [1.29, 1.82) is 0 Å². The molecule has 0 atom stereocenters. The number of carbonyl (C=O) groups is 1. The highest BCUT2D eigenvalue weighted by molar-refractivity contribution is 5.91. The van der Waals surface area contributed by atoms with E-state index in [1.807, 2.05) is 0 Å². The number of nitrogens with zero attached hydrogens (tertiary/aromatic N) is 3. The zero-order valence-corrected chi connectivity index (χ0v) is 16.7. The number of benzene rings is 1. The van der Waals surface area contributed by atoms with E-state index in [1.165, 1.54) is 30.7 Å². The van der Waals surface area contributed by atoms with E-state index in [9.17, 15) is 32.5 Å². The van der Waals surface area contributed by atoms with E-state index in [4.69, 9.17) is 9.15 Å². The molecule has 0 saturated carbocycles. The monoisotopic (exact) mass is 456 g/mol. The number of nitrogens with one attached hydrogen (secondary N) is 1. The smallest absolute Gasteiger partial charge is 0.312 e. The number of halogens is 4. The van der Waals surface area contributed by atoms with Gasteiger partial charge in [0.15, 0.2) is 23.1 Å². The van der Waals surface area contributed by atoms with Gasteiger partial charge in [0.1, 0.15) is 23.8 Å². The summed E-state index contributed by atoms with van der Waals surface area (Å²) in [6, 6.07) is 2.60. The van der Waals surface area contributed by atoms with Crippen LogP contribution in [0.15, 0.2) is 22.6 Å². The third kappa shape index (κ3) is 4.55. The lowest BCUT2D eigenvalue weighted by molar-refractivity contribution is -0.386. The molecule has 1 N–H and O–H groups in total. The molecule has 0 aliphatic carbocycles. The Morgan fingerprint density at radius 1 is 1.22 bits per heavy atom. The van der Waals surface area contributed by atoms with E-state index in [0.717, 1.165) is 0 Å². The van der Waals surface area contributed by atoms with Crippen molar-refractivity contribution in [2.75, 3.05) is 6.54 Å². The number of rotatable bonds is 8. The second kappa shape index (κ2) is 9.08. The second-order valence-corrected chi connectivity index (χ2v) is 6.61. The van der Waals surface area contributed by atoms with E-state index in [0.29, 0.717) is 5.69 Å². The highest BCUT2D eigenvalue weighted by atomic mass is 19.2. The molecule has 0 fully saturated rings. The van der Waals surface area contributed by atoms with E-state index >= 15 is 0 Å². The van der Waals surface area contributed by atoms with Gasteiger partial charge in [-0.3, -0.25) is 19.6 Å². The van der Waals surface area contributed by atoms with Gasteiger partial charge in [0.25, 0.3) is 5.91 Å². The van der Waals surface area contributed by atoms with Gasteiger partial charge < -0.3 is 14.5 Å². The largest absolute Gasteiger partial charge is 0.479 e. The maximum atomic E-state index is 13.6. The fourth-order valence-corrected chi connectivity index (χ4v) is 2.93. The Morgan fingerprint density at radius 3 is 2.47 bits per heavy atom. The SMILES string of the molecule is Cc1nn(CCNC(=O)c2ccc(COc3c(F)c(F)cc(F)c3F)o2)c(C)c1[N+](=O)[O-].